The van der Waals surface area contributed by atoms with Gasteiger partial charge < -0.3 is 9.88 Å². The third-order valence-corrected chi connectivity index (χ3v) is 3.72. The summed E-state index contributed by atoms with van der Waals surface area (Å²) in [5.41, 5.74) is 1.38. The second kappa shape index (κ2) is 5.92. The van der Waals surface area contributed by atoms with Crippen LogP contribution in [0.15, 0.2) is 48.8 Å². The van der Waals surface area contributed by atoms with Crippen LogP contribution in [-0.4, -0.2) is 37.4 Å². The molecular weight excluding hydrogens is 276 g/mol. The molecule has 5 nitrogen and oxygen atoms in total. The number of hydrogen-bond acceptors (Lipinski definition) is 3. The van der Waals surface area contributed by atoms with Crippen molar-refractivity contribution in [3.8, 4) is 5.69 Å². The van der Waals surface area contributed by atoms with Crippen LogP contribution in [-0.2, 0) is 9.84 Å². The van der Waals surface area contributed by atoms with Gasteiger partial charge >= 0.3 is 0 Å². The highest BCUT2D eigenvalue weighted by atomic mass is 32.2. The molecule has 1 heterocycles. The first-order valence-electron chi connectivity index (χ1n) is 6.15. The lowest BCUT2D eigenvalue weighted by Gasteiger charge is -2.07. The zero-order chi connectivity index (χ0) is 14.6. The largest absolute Gasteiger partial charge is 0.351 e. The Bertz CT molecular complexity index is 691. The summed E-state index contributed by atoms with van der Waals surface area (Å²) in [6.07, 6.45) is 4.92. The van der Waals surface area contributed by atoms with Crippen LogP contribution in [0.2, 0.25) is 0 Å². The quantitative estimate of drug-likeness (QED) is 0.902. The van der Waals surface area contributed by atoms with Gasteiger partial charge in [-0.15, -0.1) is 0 Å². The standard InChI is InChI=1S/C14H16N2O3S/c1-20(18,19)10-7-15-14(17)12-5-4-6-13(11-12)16-8-2-3-9-16/h2-6,8-9,11H,7,10H2,1H3,(H,15,17). The molecule has 0 aliphatic rings. The molecule has 0 fully saturated rings. The Kier molecular flexibility index (Phi) is 4.24. The Morgan fingerprint density at radius 3 is 2.55 bits per heavy atom. The lowest BCUT2D eigenvalue weighted by Crippen LogP contribution is -2.28. The highest BCUT2D eigenvalue weighted by molar-refractivity contribution is 7.90. The van der Waals surface area contributed by atoms with Crippen LogP contribution in [0.4, 0.5) is 0 Å². The van der Waals surface area contributed by atoms with Gasteiger partial charge in [0.1, 0.15) is 9.84 Å². The predicted octanol–water partition coefficient (Wildman–Crippen LogP) is 1.25. The first-order valence-corrected chi connectivity index (χ1v) is 8.21. The third-order valence-electron chi connectivity index (χ3n) is 2.77. The molecule has 6 heteroatoms. The Balaban J connectivity index is 2.05. The smallest absolute Gasteiger partial charge is 0.251 e. The van der Waals surface area contributed by atoms with Crippen LogP contribution in [0.25, 0.3) is 5.69 Å². The van der Waals surface area contributed by atoms with E-state index in [9.17, 15) is 13.2 Å². The molecule has 2 rings (SSSR count). The number of carbonyl (C=O) groups excluding carboxylic acids is 1. The molecule has 1 aromatic heterocycles. The molecule has 1 N–H and O–H groups in total. The minimum atomic E-state index is -3.06. The minimum absolute atomic E-state index is 0.0595. The van der Waals surface area contributed by atoms with Gasteiger partial charge in [-0.2, -0.15) is 0 Å². The molecular formula is C14H16N2O3S. The Morgan fingerprint density at radius 2 is 1.90 bits per heavy atom. The second-order valence-corrected chi connectivity index (χ2v) is 6.79. The third kappa shape index (κ3) is 3.96. The van der Waals surface area contributed by atoms with E-state index in [0.717, 1.165) is 11.9 Å². The molecule has 0 aliphatic heterocycles. The molecule has 0 unspecified atom stereocenters. The van der Waals surface area contributed by atoms with E-state index < -0.39 is 9.84 Å². The fourth-order valence-corrected chi connectivity index (χ4v) is 2.24. The van der Waals surface area contributed by atoms with E-state index in [-0.39, 0.29) is 18.2 Å². The zero-order valence-corrected chi connectivity index (χ0v) is 11.9. The molecule has 0 saturated carbocycles. The maximum Gasteiger partial charge on any atom is 0.251 e. The molecule has 1 aromatic carbocycles. The van der Waals surface area contributed by atoms with Crippen molar-refractivity contribution in [1.82, 2.24) is 9.88 Å². The molecule has 1 amide bonds. The zero-order valence-electron chi connectivity index (χ0n) is 11.1. The van der Waals surface area contributed by atoms with Crippen molar-refractivity contribution in [3.05, 3.63) is 54.4 Å². The van der Waals surface area contributed by atoms with E-state index in [2.05, 4.69) is 5.32 Å². The van der Waals surface area contributed by atoms with Crippen molar-refractivity contribution in [1.29, 1.82) is 0 Å². The molecule has 2 aromatic rings. The molecule has 106 valence electrons. The monoisotopic (exact) mass is 292 g/mol. The van der Waals surface area contributed by atoms with Crippen molar-refractivity contribution in [2.45, 2.75) is 0 Å². The fourth-order valence-electron chi connectivity index (χ4n) is 1.77. The first-order chi connectivity index (χ1) is 9.46. The van der Waals surface area contributed by atoms with Crippen molar-refractivity contribution in [3.63, 3.8) is 0 Å². The van der Waals surface area contributed by atoms with Crippen molar-refractivity contribution < 1.29 is 13.2 Å². The lowest BCUT2D eigenvalue weighted by atomic mass is 10.2. The summed E-state index contributed by atoms with van der Waals surface area (Å²) in [6, 6.07) is 10.9. The number of carbonyl (C=O) groups is 1. The lowest BCUT2D eigenvalue weighted by molar-refractivity contribution is 0.0956. The SMILES string of the molecule is CS(=O)(=O)CCNC(=O)c1cccc(-n2cccc2)c1. The predicted molar refractivity (Wildman–Crippen MR) is 77.8 cm³/mol. The van der Waals surface area contributed by atoms with Gasteiger partial charge in [0.25, 0.3) is 5.91 Å². The molecule has 0 spiro atoms. The topological polar surface area (TPSA) is 68.2 Å². The summed E-state index contributed by atoms with van der Waals surface area (Å²) >= 11 is 0. The minimum Gasteiger partial charge on any atom is -0.351 e. The fraction of sp³-hybridized carbons (Fsp3) is 0.214. The molecule has 20 heavy (non-hydrogen) atoms. The van der Waals surface area contributed by atoms with E-state index in [0.29, 0.717) is 5.56 Å². The number of amides is 1. The first kappa shape index (κ1) is 14.3. The molecule has 0 saturated heterocycles. The van der Waals surface area contributed by atoms with Gasteiger partial charge in [-0.05, 0) is 30.3 Å². The van der Waals surface area contributed by atoms with Crippen LogP contribution in [0.3, 0.4) is 0 Å². The van der Waals surface area contributed by atoms with E-state index in [4.69, 9.17) is 0 Å². The van der Waals surface area contributed by atoms with E-state index in [1.54, 1.807) is 18.2 Å². The number of rotatable bonds is 5. The summed E-state index contributed by atoms with van der Waals surface area (Å²) in [6.45, 7) is 0.116. The van der Waals surface area contributed by atoms with Crippen molar-refractivity contribution in [2.75, 3.05) is 18.6 Å². The van der Waals surface area contributed by atoms with Crippen molar-refractivity contribution >= 4 is 15.7 Å². The van der Waals surface area contributed by atoms with Gasteiger partial charge in [0.2, 0.25) is 0 Å². The van der Waals surface area contributed by atoms with Gasteiger partial charge in [-0.1, -0.05) is 6.07 Å². The maximum absolute atomic E-state index is 11.9. The van der Waals surface area contributed by atoms with Gasteiger partial charge in [-0.3, -0.25) is 4.79 Å². The van der Waals surface area contributed by atoms with E-state index >= 15 is 0 Å². The van der Waals surface area contributed by atoms with Crippen LogP contribution in [0, 0.1) is 0 Å². The van der Waals surface area contributed by atoms with Crippen LogP contribution in [0.1, 0.15) is 10.4 Å². The normalized spacial score (nSPS) is 11.2. The number of aromatic nitrogens is 1. The van der Waals surface area contributed by atoms with Gasteiger partial charge in [0.05, 0.1) is 5.75 Å². The average molecular weight is 292 g/mol. The number of hydrogen-bond donors (Lipinski definition) is 1. The maximum atomic E-state index is 11.9. The summed E-state index contributed by atoms with van der Waals surface area (Å²) in [5.74, 6) is -0.335. The van der Waals surface area contributed by atoms with Crippen LogP contribution < -0.4 is 5.32 Å². The van der Waals surface area contributed by atoms with Crippen LogP contribution >= 0.6 is 0 Å². The van der Waals surface area contributed by atoms with Gasteiger partial charge in [-0.25, -0.2) is 8.42 Å². The summed E-state index contributed by atoms with van der Waals surface area (Å²) in [5, 5.41) is 2.60. The number of nitrogens with one attached hydrogen (secondary N) is 1. The summed E-state index contributed by atoms with van der Waals surface area (Å²) in [4.78, 5) is 11.9. The second-order valence-electron chi connectivity index (χ2n) is 4.53. The van der Waals surface area contributed by atoms with Crippen molar-refractivity contribution in [2.24, 2.45) is 0 Å². The van der Waals surface area contributed by atoms with E-state index in [1.165, 1.54) is 0 Å². The Labute approximate surface area is 118 Å². The number of benzene rings is 1. The van der Waals surface area contributed by atoms with E-state index in [1.807, 2.05) is 35.2 Å². The molecule has 0 atom stereocenters. The molecule has 0 aliphatic carbocycles. The Hall–Kier alpha value is -2.08. The average Bonchev–Trinajstić information content (AvgIpc) is 2.91. The van der Waals surface area contributed by atoms with Crippen LogP contribution in [0.5, 0.6) is 0 Å². The Morgan fingerprint density at radius 1 is 1.20 bits per heavy atom. The van der Waals surface area contributed by atoms with Gasteiger partial charge in [0, 0.05) is 36.4 Å². The summed E-state index contributed by atoms with van der Waals surface area (Å²) < 4.78 is 23.9. The molecule has 0 bridgehead atoms. The highest BCUT2D eigenvalue weighted by Crippen LogP contribution is 2.10. The highest BCUT2D eigenvalue weighted by Gasteiger charge is 2.08. The number of sulfone groups is 1. The summed E-state index contributed by atoms with van der Waals surface area (Å²) in [7, 11) is -3.06. The number of nitrogens with zero attached hydrogens (tertiary/aromatic N) is 1. The van der Waals surface area contributed by atoms with Gasteiger partial charge in [0.15, 0.2) is 0 Å². The molecule has 0 radical (unpaired) electrons.